The molecule has 0 bridgehead atoms. The Hall–Kier alpha value is -3.91. The lowest BCUT2D eigenvalue weighted by molar-refractivity contribution is -0.383. The lowest BCUT2D eigenvalue weighted by atomic mass is 10.1. The van der Waals surface area contributed by atoms with Crippen LogP contribution in [0.4, 0.5) is 11.4 Å². The molecule has 0 saturated heterocycles. The molecule has 1 heterocycles. The maximum absolute atomic E-state index is 11.2. The van der Waals surface area contributed by atoms with Gasteiger partial charge in [-0.25, -0.2) is 4.63 Å². The first kappa shape index (κ1) is 19.1. The molecule has 0 spiro atoms. The van der Waals surface area contributed by atoms with Crippen LogP contribution >= 0.6 is 11.8 Å². The number of anilines is 1. The molecule has 0 atom stereocenters. The van der Waals surface area contributed by atoms with Crippen molar-refractivity contribution in [2.75, 3.05) is 5.32 Å². The third kappa shape index (κ3) is 3.93. The predicted octanol–water partition coefficient (Wildman–Crippen LogP) is 6.05. The Morgan fingerprint density at radius 3 is 2.61 bits per heavy atom. The lowest BCUT2D eigenvalue weighted by Gasteiger charge is -2.09. The van der Waals surface area contributed by atoms with Crippen LogP contribution in [-0.2, 0) is 6.54 Å². The van der Waals surface area contributed by atoms with Gasteiger partial charge >= 0.3 is 5.69 Å². The van der Waals surface area contributed by atoms with Gasteiger partial charge in [0, 0.05) is 28.1 Å². The summed E-state index contributed by atoms with van der Waals surface area (Å²) < 4.78 is 4.75. The van der Waals surface area contributed by atoms with Gasteiger partial charge in [0.2, 0.25) is 5.52 Å². The number of benzene rings is 4. The Balaban J connectivity index is 1.34. The molecule has 0 fully saturated rings. The molecule has 0 amide bonds. The van der Waals surface area contributed by atoms with Crippen LogP contribution < -0.4 is 5.32 Å². The van der Waals surface area contributed by atoms with Crippen molar-refractivity contribution in [3.63, 3.8) is 0 Å². The van der Waals surface area contributed by atoms with Gasteiger partial charge in [0.05, 0.1) is 4.92 Å². The van der Waals surface area contributed by atoms with E-state index in [4.69, 9.17) is 4.63 Å². The molecule has 31 heavy (non-hydrogen) atoms. The fourth-order valence-electron chi connectivity index (χ4n) is 3.41. The van der Waals surface area contributed by atoms with E-state index in [9.17, 15) is 10.1 Å². The van der Waals surface area contributed by atoms with E-state index in [-0.39, 0.29) is 11.2 Å². The predicted molar refractivity (Wildman–Crippen MR) is 120 cm³/mol. The van der Waals surface area contributed by atoms with E-state index >= 15 is 0 Å². The normalized spacial score (nSPS) is 11.1. The van der Waals surface area contributed by atoms with Gasteiger partial charge in [-0.1, -0.05) is 54.2 Å². The van der Waals surface area contributed by atoms with Crippen molar-refractivity contribution in [3.05, 3.63) is 94.5 Å². The molecule has 5 aromatic rings. The van der Waals surface area contributed by atoms with Gasteiger partial charge in [0.15, 0.2) is 5.52 Å². The molecule has 1 N–H and O–H groups in total. The van der Waals surface area contributed by atoms with Crippen molar-refractivity contribution in [2.24, 2.45) is 0 Å². The van der Waals surface area contributed by atoms with Crippen LogP contribution in [0, 0.1) is 10.1 Å². The van der Waals surface area contributed by atoms with E-state index in [0.29, 0.717) is 12.1 Å². The highest BCUT2D eigenvalue weighted by Crippen LogP contribution is 2.36. The van der Waals surface area contributed by atoms with E-state index in [2.05, 4.69) is 46.0 Å². The second-order valence-electron chi connectivity index (χ2n) is 6.97. The van der Waals surface area contributed by atoms with Crippen molar-refractivity contribution in [2.45, 2.75) is 16.3 Å². The quantitative estimate of drug-likeness (QED) is 0.260. The summed E-state index contributed by atoms with van der Waals surface area (Å²) in [5.74, 6) is 0. The van der Waals surface area contributed by atoms with Gasteiger partial charge in [-0.2, -0.15) is 0 Å². The molecule has 0 saturated carbocycles. The molecule has 0 radical (unpaired) electrons. The summed E-state index contributed by atoms with van der Waals surface area (Å²) in [4.78, 5) is 12.4. The fourth-order valence-corrected chi connectivity index (χ4v) is 4.36. The topological polar surface area (TPSA) is 94.1 Å². The van der Waals surface area contributed by atoms with E-state index in [1.54, 1.807) is 6.07 Å². The molecule has 0 aliphatic rings. The van der Waals surface area contributed by atoms with Crippen LogP contribution in [0.1, 0.15) is 5.56 Å². The summed E-state index contributed by atoms with van der Waals surface area (Å²) in [7, 11) is 0. The Morgan fingerprint density at radius 1 is 0.903 bits per heavy atom. The van der Waals surface area contributed by atoms with Crippen molar-refractivity contribution >= 4 is 44.9 Å². The minimum absolute atomic E-state index is 0.119. The third-order valence-corrected chi connectivity index (χ3v) is 5.97. The number of nitro benzene ring substituents is 1. The summed E-state index contributed by atoms with van der Waals surface area (Å²) in [6, 6.07) is 25.8. The van der Waals surface area contributed by atoms with Crippen LogP contribution in [0.2, 0.25) is 0 Å². The summed E-state index contributed by atoms with van der Waals surface area (Å²) in [5.41, 5.74) is 2.60. The number of hydrogen-bond donors (Lipinski definition) is 1. The first-order chi connectivity index (χ1) is 15.2. The van der Waals surface area contributed by atoms with E-state index in [0.717, 1.165) is 15.5 Å². The van der Waals surface area contributed by atoms with E-state index in [1.165, 1.54) is 34.2 Å². The van der Waals surface area contributed by atoms with Crippen LogP contribution in [0.15, 0.2) is 93.3 Å². The van der Waals surface area contributed by atoms with Crippen molar-refractivity contribution in [3.8, 4) is 0 Å². The molecule has 4 aromatic carbocycles. The van der Waals surface area contributed by atoms with Crippen LogP contribution in [0.5, 0.6) is 0 Å². The highest BCUT2D eigenvalue weighted by molar-refractivity contribution is 7.99. The van der Waals surface area contributed by atoms with Gasteiger partial charge in [-0.15, -0.1) is 0 Å². The molecular weight excluding hydrogens is 412 g/mol. The first-order valence-electron chi connectivity index (χ1n) is 9.56. The van der Waals surface area contributed by atoms with Crippen LogP contribution in [0.25, 0.3) is 21.8 Å². The minimum atomic E-state index is -0.488. The second-order valence-corrected chi connectivity index (χ2v) is 8.08. The van der Waals surface area contributed by atoms with E-state index in [1.807, 2.05) is 36.4 Å². The highest BCUT2D eigenvalue weighted by Gasteiger charge is 2.20. The molecule has 7 nitrogen and oxygen atoms in total. The number of fused-ring (bicyclic) bond motifs is 2. The zero-order valence-electron chi connectivity index (χ0n) is 16.2. The van der Waals surface area contributed by atoms with Gasteiger partial charge in [-0.05, 0) is 57.0 Å². The molecular formula is C23H16N4O3S. The number of nitrogens with zero attached hydrogens (tertiary/aromatic N) is 3. The average Bonchev–Trinajstić information content (AvgIpc) is 3.28. The smallest absolute Gasteiger partial charge is 0.300 e. The second kappa shape index (κ2) is 8.08. The van der Waals surface area contributed by atoms with Crippen LogP contribution in [-0.4, -0.2) is 15.2 Å². The number of hydrogen-bond acceptors (Lipinski definition) is 7. The molecule has 0 aliphatic heterocycles. The van der Waals surface area contributed by atoms with Gasteiger partial charge in [-0.3, -0.25) is 10.1 Å². The Morgan fingerprint density at radius 2 is 1.74 bits per heavy atom. The van der Waals surface area contributed by atoms with Gasteiger partial charge < -0.3 is 5.32 Å². The monoisotopic (exact) mass is 428 g/mol. The maximum Gasteiger partial charge on any atom is 0.300 e. The molecule has 1 aromatic heterocycles. The lowest BCUT2D eigenvalue weighted by Crippen LogP contribution is -1.99. The maximum atomic E-state index is 11.2. The Labute approximate surface area is 181 Å². The van der Waals surface area contributed by atoms with Crippen molar-refractivity contribution in [1.82, 2.24) is 10.3 Å². The number of nitrogens with one attached hydrogen (secondary N) is 1. The van der Waals surface area contributed by atoms with Crippen molar-refractivity contribution in [1.29, 1.82) is 0 Å². The van der Waals surface area contributed by atoms with Gasteiger partial charge in [0.1, 0.15) is 0 Å². The third-order valence-electron chi connectivity index (χ3n) is 4.93. The largest absolute Gasteiger partial charge is 0.381 e. The molecule has 0 aliphatic carbocycles. The summed E-state index contributed by atoms with van der Waals surface area (Å²) in [6.07, 6.45) is 0. The van der Waals surface area contributed by atoms with Gasteiger partial charge in [0.25, 0.3) is 0 Å². The fraction of sp³-hybridized carbons (Fsp3) is 0.0435. The number of non-ortho nitro benzene ring substituents is 1. The Bertz CT molecular complexity index is 1420. The molecule has 152 valence electrons. The molecule has 5 rings (SSSR count). The summed E-state index contributed by atoms with van der Waals surface area (Å²) in [6.45, 7) is 0.702. The standard InChI is InChI=1S/C23H16N4O3S/c28-27(29)20-10-11-21(23-22(20)25-30-26-23)31-19-7-3-6-18(13-19)24-14-15-8-9-16-4-1-2-5-17(16)12-15/h1-13,24H,14H2. The minimum Gasteiger partial charge on any atom is -0.381 e. The summed E-state index contributed by atoms with van der Waals surface area (Å²) in [5, 5.41) is 24.6. The number of aromatic nitrogens is 2. The molecule has 8 heteroatoms. The zero-order chi connectivity index (χ0) is 21.2. The average molecular weight is 428 g/mol. The number of rotatable bonds is 6. The summed E-state index contributed by atoms with van der Waals surface area (Å²) >= 11 is 1.45. The Kier molecular flexibility index (Phi) is 4.97. The highest BCUT2D eigenvalue weighted by atomic mass is 32.2. The molecule has 0 unspecified atom stereocenters. The van der Waals surface area contributed by atoms with Crippen molar-refractivity contribution < 1.29 is 9.55 Å². The van der Waals surface area contributed by atoms with E-state index < -0.39 is 4.92 Å². The SMILES string of the molecule is O=[N+]([O-])c1ccc(Sc2cccc(NCc3ccc4ccccc4c3)c2)c2nonc12. The first-order valence-corrected chi connectivity index (χ1v) is 10.4. The zero-order valence-corrected chi connectivity index (χ0v) is 17.0. The number of nitro groups is 1. The van der Waals surface area contributed by atoms with Crippen LogP contribution in [0.3, 0.4) is 0 Å².